The first-order valence-electron chi connectivity index (χ1n) is 9.08. The van der Waals surface area contributed by atoms with Crippen LogP contribution in [0.5, 0.6) is 5.75 Å². The normalized spacial score (nSPS) is 10.5. The van der Waals surface area contributed by atoms with Crippen molar-refractivity contribution in [2.75, 3.05) is 38.6 Å². The Kier molecular flexibility index (Phi) is 8.32. The largest absolute Gasteiger partial charge is 0.495 e. The number of amides is 2. The van der Waals surface area contributed by atoms with Crippen LogP contribution < -0.4 is 15.4 Å². The summed E-state index contributed by atoms with van der Waals surface area (Å²) in [6.07, 6.45) is 0.785. The number of carbonyl (C=O) groups excluding carboxylic acids is 2. The number of hydrogen-bond donors (Lipinski definition) is 2. The molecule has 2 N–H and O–H groups in total. The van der Waals surface area contributed by atoms with Crippen LogP contribution in [0.3, 0.4) is 0 Å². The van der Waals surface area contributed by atoms with Gasteiger partial charge in [0.1, 0.15) is 5.75 Å². The van der Waals surface area contributed by atoms with E-state index in [9.17, 15) is 9.59 Å². The third-order valence-corrected chi connectivity index (χ3v) is 4.14. The van der Waals surface area contributed by atoms with Crippen molar-refractivity contribution in [1.82, 2.24) is 10.2 Å². The highest BCUT2D eigenvalue weighted by Crippen LogP contribution is 2.22. The Hall–Kier alpha value is -2.86. The molecule has 0 heterocycles. The number of ether oxygens (including phenoxy) is 1. The van der Waals surface area contributed by atoms with Gasteiger partial charge in [0.15, 0.2) is 0 Å². The number of anilines is 1. The summed E-state index contributed by atoms with van der Waals surface area (Å²) in [5.41, 5.74) is 1.80. The van der Waals surface area contributed by atoms with Gasteiger partial charge in [0.05, 0.1) is 25.9 Å². The minimum atomic E-state index is -0.182. The zero-order valence-electron chi connectivity index (χ0n) is 15.9. The Bertz CT molecular complexity index is 734. The van der Waals surface area contributed by atoms with Crippen LogP contribution in [-0.2, 0) is 16.0 Å². The number of carbonyl (C=O) groups is 2. The zero-order valence-corrected chi connectivity index (χ0v) is 15.9. The van der Waals surface area contributed by atoms with Crippen LogP contribution in [0.2, 0.25) is 0 Å². The van der Waals surface area contributed by atoms with E-state index in [1.807, 2.05) is 49.4 Å². The number of hydrogen-bond acceptors (Lipinski definition) is 4. The molecular formula is C21H27N3O3. The van der Waals surface area contributed by atoms with Gasteiger partial charge in [0, 0.05) is 6.54 Å². The number of benzene rings is 2. The number of rotatable bonds is 10. The zero-order chi connectivity index (χ0) is 19.5. The fraction of sp³-hybridized carbons (Fsp3) is 0.333. The Morgan fingerprint density at radius 1 is 0.963 bits per heavy atom. The molecule has 144 valence electrons. The average Bonchev–Trinajstić information content (AvgIpc) is 2.68. The van der Waals surface area contributed by atoms with Crippen LogP contribution in [0.25, 0.3) is 0 Å². The Labute approximate surface area is 160 Å². The first-order chi connectivity index (χ1) is 13.1. The molecule has 2 aromatic rings. The predicted octanol–water partition coefficient (Wildman–Crippen LogP) is 2.31. The van der Waals surface area contributed by atoms with Gasteiger partial charge < -0.3 is 15.4 Å². The maximum Gasteiger partial charge on any atom is 0.238 e. The molecular weight excluding hydrogens is 342 g/mol. The Balaban J connectivity index is 1.76. The van der Waals surface area contributed by atoms with Crippen molar-refractivity contribution in [2.45, 2.75) is 13.3 Å². The SMILES string of the molecule is CCN(CC(=O)NCCc1ccccc1)CC(=O)Nc1ccccc1OC. The molecule has 0 atom stereocenters. The highest BCUT2D eigenvalue weighted by molar-refractivity contribution is 5.94. The summed E-state index contributed by atoms with van der Waals surface area (Å²) in [5.74, 6) is 0.337. The molecule has 0 saturated carbocycles. The van der Waals surface area contributed by atoms with Crippen molar-refractivity contribution in [3.63, 3.8) is 0 Å². The summed E-state index contributed by atoms with van der Waals surface area (Å²) in [4.78, 5) is 26.2. The molecule has 0 radical (unpaired) electrons. The highest BCUT2D eigenvalue weighted by Gasteiger charge is 2.14. The molecule has 6 nitrogen and oxygen atoms in total. The summed E-state index contributed by atoms with van der Waals surface area (Å²) in [7, 11) is 1.56. The van der Waals surface area contributed by atoms with Crippen LogP contribution in [0.1, 0.15) is 12.5 Å². The van der Waals surface area contributed by atoms with Gasteiger partial charge in [0.2, 0.25) is 11.8 Å². The lowest BCUT2D eigenvalue weighted by Gasteiger charge is -2.19. The van der Waals surface area contributed by atoms with E-state index < -0.39 is 0 Å². The standard InChI is InChI=1S/C21H27N3O3/c1-3-24(15-20(25)22-14-13-17-9-5-4-6-10-17)16-21(26)23-18-11-7-8-12-19(18)27-2/h4-12H,3,13-16H2,1-2H3,(H,22,25)(H,23,26). The van der Waals surface area contributed by atoms with Gasteiger partial charge in [-0.3, -0.25) is 14.5 Å². The van der Waals surface area contributed by atoms with Gasteiger partial charge in [-0.15, -0.1) is 0 Å². The Morgan fingerprint density at radius 2 is 1.63 bits per heavy atom. The smallest absolute Gasteiger partial charge is 0.238 e. The van der Waals surface area contributed by atoms with Crippen molar-refractivity contribution in [2.24, 2.45) is 0 Å². The van der Waals surface area contributed by atoms with Crippen molar-refractivity contribution in [3.8, 4) is 5.75 Å². The molecule has 0 saturated heterocycles. The van der Waals surface area contributed by atoms with E-state index >= 15 is 0 Å². The molecule has 27 heavy (non-hydrogen) atoms. The first-order valence-corrected chi connectivity index (χ1v) is 9.08. The van der Waals surface area contributed by atoms with Gasteiger partial charge in [-0.05, 0) is 30.7 Å². The molecule has 0 aliphatic rings. The van der Waals surface area contributed by atoms with Crippen LogP contribution in [0.4, 0.5) is 5.69 Å². The minimum Gasteiger partial charge on any atom is -0.495 e. The molecule has 2 amide bonds. The maximum atomic E-state index is 12.3. The summed E-state index contributed by atoms with van der Waals surface area (Å²) < 4.78 is 5.23. The summed E-state index contributed by atoms with van der Waals surface area (Å²) >= 11 is 0. The van der Waals surface area contributed by atoms with E-state index in [4.69, 9.17) is 4.74 Å². The lowest BCUT2D eigenvalue weighted by Crippen LogP contribution is -2.41. The van der Waals surface area contributed by atoms with E-state index in [1.54, 1.807) is 24.1 Å². The molecule has 0 unspecified atom stereocenters. The second-order valence-corrected chi connectivity index (χ2v) is 6.14. The van der Waals surface area contributed by atoms with Gasteiger partial charge in [-0.2, -0.15) is 0 Å². The van der Waals surface area contributed by atoms with E-state index in [-0.39, 0.29) is 24.9 Å². The summed E-state index contributed by atoms with van der Waals surface area (Å²) in [5, 5.41) is 5.73. The highest BCUT2D eigenvalue weighted by atomic mass is 16.5. The molecule has 0 bridgehead atoms. The minimum absolute atomic E-state index is 0.0853. The molecule has 0 aromatic heterocycles. The topological polar surface area (TPSA) is 70.7 Å². The van der Waals surface area contributed by atoms with Gasteiger partial charge >= 0.3 is 0 Å². The molecule has 6 heteroatoms. The molecule has 0 spiro atoms. The predicted molar refractivity (Wildman–Crippen MR) is 107 cm³/mol. The number of nitrogens with zero attached hydrogens (tertiary/aromatic N) is 1. The average molecular weight is 369 g/mol. The molecule has 0 aliphatic heterocycles. The maximum absolute atomic E-state index is 12.3. The van der Waals surface area contributed by atoms with E-state index in [2.05, 4.69) is 10.6 Å². The lowest BCUT2D eigenvalue weighted by atomic mass is 10.1. The lowest BCUT2D eigenvalue weighted by molar-refractivity contribution is -0.123. The fourth-order valence-corrected chi connectivity index (χ4v) is 2.67. The van der Waals surface area contributed by atoms with Crippen LogP contribution in [-0.4, -0.2) is 50.0 Å². The first kappa shape index (κ1) is 20.5. The summed E-state index contributed by atoms with van der Waals surface area (Å²) in [6, 6.07) is 17.2. The third kappa shape index (κ3) is 7.11. The van der Waals surface area contributed by atoms with Crippen molar-refractivity contribution < 1.29 is 14.3 Å². The molecule has 2 aromatic carbocycles. The molecule has 0 aliphatic carbocycles. The van der Waals surface area contributed by atoms with E-state index in [1.165, 1.54) is 5.56 Å². The number of nitrogens with one attached hydrogen (secondary N) is 2. The monoisotopic (exact) mass is 369 g/mol. The number of para-hydroxylation sites is 2. The number of methoxy groups -OCH3 is 1. The fourth-order valence-electron chi connectivity index (χ4n) is 2.67. The van der Waals surface area contributed by atoms with E-state index in [0.29, 0.717) is 24.5 Å². The van der Waals surface area contributed by atoms with Crippen molar-refractivity contribution >= 4 is 17.5 Å². The molecule has 2 rings (SSSR count). The van der Waals surface area contributed by atoms with Crippen molar-refractivity contribution in [1.29, 1.82) is 0 Å². The van der Waals surface area contributed by atoms with Crippen LogP contribution >= 0.6 is 0 Å². The quantitative estimate of drug-likeness (QED) is 0.674. The number of likely N-dealkylation sites (N-methyl/N-ethyl adjacent to an activating group) is 1. The van der Waals surface area contributed by atoms with Gasteiger partial charge in [-0.1, -0.05) is 49.4 Å². The van der Waals surface area contributed by atoms with Gasteiger partial charge in [0.25, 0.3) is 0 Å². The van der Waals surface area contributed by atoms with Crippen LogP contribution in [0.15, 0.2) is 54.6 Å². The summed E-state index contributed by atoms with van der Waals surface area (Å²) in [6.45, 7) is 3.43. The third-order valence-electron chi connectivity index (χ3n) is 4.14. The van der Waals surface area contributed by atoms with Gasteiger partial charge in [-0.25, -0.2) is 0 Å². The van der Waals surface area contributed by atoms with E-state index in [0.717, 1.165) is 6.42 Å². The van der Waals surface area contributed by atoms with Crippen LogP contribution in [0, 0.1) is 0 Å². The molecule has 0 fully saturated rings. The Morgan fingerprint density at radius 3 is 2.33 bits per heavy atom. The van der Waals surface area contributed by atoms with Crippen molar-refractivity contribution in [3.05, 3.63) is 60.2 Å². The second-order valence-electron chi connectivity index (χ2n) is 6.14. The second kappa shape index (κ2) is 11.0.